The van der Waals surface area contributed by atoms with Gasteiger partial charge in [-0.25, -0.2) is 0 Å². The van der Waals surface area contributed by atoms with Gasteiger partial charge in [0.05, 0.1) is 34.6 Å². The van der Waals surface area contributed by atoms with Gasteiger partial charge in [0.1, 0.15) is 5.76 Å². The van der Waals surface area contributed by atoms with Crippen molar-refractivity contribution in [1.82, 2.24) is 5.32 Å². The summed E-state index contributed by atoms with van der Waals surface area (Å²) in [7, 11) is 0. The van der Waals surface area contributed by atoms with Crippen LogP contribution in [0.5, 0.6) is 0 Å². The third-order valence-corrected chi connectivity index (χ3v) is 5.35. The van der Waals surface area contributed by atoms with E-state index < -0.39 is 11.8 Å². The fraction of sp³-hybridized carbons (Fsp3) is 0.389. The maximum Gasteiger partial charge on any atom is 0.227 e. The number of hydrogen-bond donors (Lipinski definition) is 2. The van der Waals surface area contributed by atoms with E-state index in [1.54, 1.807) is 12.1 Å². The third-order valence-electron chi connectivity index (χ3n) is 4.31. The lowest BCUT2D eigenvalue weighted by Gasteiger charge is -2.38. The van der Waals surface area contributed by atoms with E-state index in [1.807, 2.05) is 13.8 Å². The summed E-state index contributed by atoms with van der Waals surface area (Å²) < 4.78 is 5.53. The van der Waals surface area contributed by atoms with Gasteiger partial charge in [0, 0.05) is 17.7 Å². The zero-order chi connectivity index (χ0) is 18.2. The molecule has 0 saturated carbocycles. The number of primary amides is 1. The summed E-state index contributed by atoms with van der Waals surface area (Å²) in [5.41, 5.74) is 6.85. The molecule has 0 spiro atoms. The van der Waals surface area contributed by atoms with Crippen LogP contribution in [-0.2, 0) is 9.59 Å². The number of nitrogens with zero attached hydrogens (tertiary/aromatic N) is 1. The number of nitriles is 1. The first kappa shape index (κ1) is 17.4. The van der Waals surface area contributed by atoms with Crippen LogP contribution < -0.4 is 11.1 Å². The molecule has 3 N–H and O–H groups in total. The maximum atomic E-state index is 12.8. The summed E-state index contributed by atoms with van der Waals surface area (Å²) in [6.07, 6.45) is 2.64. The Labute approximate surface area is 150 Å². The molecule has 1 aromatic heterocycles. The Morgan fingerprint density at radius 1 is 1.52 bits per heavy atom. The third kappa shape index (κ3) is 3.35. The molecule has 1 unspecified atom stereocenters. The Bertz CT molecular complexity index is 828. The molecule has 6 nitrogen and oxygen atoms in total. The summed E-state index contributed by atoms with van der Waals surface area (Å²) in [5, 5.41) is 13.5. The van der Waals surface area contributed by atoms with E-state index in [4.69, 9.17) is 10.2 Å². The summed E-state index contributed by atoms with van der Waals surface area (Å²) >= 11 is 1.18. The molecule has 1 aliphatic heterocycles. The van der Waals surface area contributed by atoms with Crippen LogP contribution in [0, 0.1) is 16.7 Å². The number of dihydropyridines is 1. The molecule has 1 aliphatic carbocycles. The highest BCUT2D eigenvalue weighted by atomic mass is 32.2. The van der Waals surface area contributed by atoms with Gasteiger partial charge in [0.25, 0.3) is 0 Å². The van der Waals surface area contributed by atoms with E-state index >= 15 is 0 Å². The van der Waals surface area contributed by atoms with E-state index in [9.17, 15) is 14.9 Å². The Balaban J connectivity index is 2.11. The van der Waals surface area contributed by atoms with Crippen molar-refractivity contribution >= 4 is 23.5 Å². The van der Waals surface area contributed by atoms with Crippen LogP contribution in [0.4, 0.5) is 0 Å². The van der Waals surface area contributed by atoms with Crippen LogP contribution in [0.1, 0.15) is 38.4 Å². The van der Waals surface area contributed by atoms with Crippen LogP contribution in [0.25, 0.3) is 0 Å². The number of Topliss-reactive ketones (excluding diaryl/α,β-unsaturated/α-hetero) is 1. The van der Waals surface area contributed by atoms with Crippen LogP contribution in [0.2, 0.25) is 0 Å². The van der Waals surface area contributed by atoms with E-state index in [0.717, 1.165) is 5.70 Å². The summed E-state index contributed by atoms with van der Waals surface area (Å²) in [5.74, 6) is -0.387. The molecule has 1 aromatic rings. The summed E-state index contributed by atoms with van der Waals surface area (Å²) in [6, 6.07) is 5.69. The van der Waals surface area contributed by atoms with Crippen molar-refractivity contribution in [2.45, 2.75) is 32.6 Å². The van der Waals surface area contributed by atoms with Gasteiger partial charge in [-0.3, -0.25) is 9.59 Å². The second-order valence-electron chi connectivity index (χ2n) is 7.02. The number of allylic oxidation sites excluding steroid dienone is 3. The predicted molar refractivity (Wildman–Crippen MR) is 93.9 cm³/mol. The van der Waals surface area contributed by atoms with Gasteiger partial charge >= 0.3 is 0 Å². The minimum Gasteiger partial charge on any atom is -0.468 e. The fourth-order valence-corrected chi connectivity index (χ4v) is 4.17. The van der Waals surface area contributed by atoms with Crippen molar-refractivity contribution in [3.8, 4) is 6.07 Å². The smallest absolute Gasteiger partial charge is 0.227 e. The molecule has 3 rings (SSSR count). The zero-order valence-electron chi connectivity index (χ0n) is 14.1. The molecule has 0 aromatic carbocycles. The summed E-state index contributed by atoms with van der Waals surface area (Å²) in [4.78, 5) is 24.0. The lowest BCUT2D eigenvalue weighted by molar-refractivity contribution is -0.118. The average Bonchev–Trinajstić information content (AvgIpc) is 3.04. The molecule has 130 valence electrons. The number of carbonyl (C=O) groups is 2. The number of nitrogens with two attached hydrogens (primary N) is 1. The Morgan fingerprint density at radius 2 is 2.28 bits per heavy atom. The van der Waals surface area contributed by atoms with Crippen LogP contribution in [0.3, 0.4) is 0 Å². The highest BCUT2D eigenvalue weighted by Crippen LogP contribution is 2.47. The van der Waals surface area contributed by atoms with Gasteiger partial charge < -0.3 is 15.5 Å². The second-order valence-corrected chi connectivity index (χ2v) is 8.00. The summed E-state index contributed by atoms with van der Waals surface area (Å²) in [6.45, 7) is 4.08. The minimum absolute atomic E-state index is 0.0202. The topological polar surface area (TPSA) is 109 Å². The number of thioether (sulfide) groups is 1. The molecule has 0 fully saturated rings. The SMILES string of the molecule is CC1(C)CC(=O)C2=C(C1)NC(SCC(N)=O)=C(C#N)C2c1ccco1. The first-order chi connectivity index (χ1) is 11.8. The first-order valence-electron chi connectivity index (χ1n) is 7.94. The van der Waals surface area contributed by atoms with Crippen molar-refractivity contribution in [2.24, 2.45) is 11.1 Å². The highest BCUT2D eigenvalue weighted by molar-refractivity contribution is 8.03. The van der Waals surface area contributed by atoms with E-state index in [1.165, 1.54) is 18.0 Å². The molecule has 2 aliphatic rings. The van der Waals surface area contributed by atoms with Crippen LogP contribution in [0.15, 0.2) is 44.7 Å². The van der Waals surface area contributed by atoms with Crippen molar-refractivity contribution in [2.75, 3.05) is 5.75 Å². The molecule has 0 bridgehead atoms. The van der Waals surface area contributed by atoms with Crippen molar-refractivity contribution in [3.05, 3.63) is 46.0 Å². The maximum absolute atomic E-state index is 12.8. The van der Waals surface area contributed by atoms with Crippen molar-refractivity contribution in [3.63, 3.8) is 0 Å². The van der Waals surface area contributed by atoms with Gasteiger partial charge in [-0.05, 0) is 24.0 Å². The van der Waals surface area contributed by atoms with Crippen LogP contribution >= 0.6 is 11.8 Å². The Kier molecular flexibility index (Phi) is 4.48. The van der Waals surface area contributed by atoms with E-state index in [-0.39, 0.29) is 17.0 Å². The van der Waals surface area contributed by atoms with E-state index in [0.29, 0.717) is 34.8 Å². The first-order valence-corrected chi connectivity index (χ1v) is 8.93. The van der Waals surface area contributed by atoms with Gasteiger partial charge in [0.15, 0.2) is 5.78 Å². The fourth-order valence-electron chi connectivity index (χ4n) is 3.37. The molecular formula is C18H19N3O3S. The van der Waals surface area contributed by atoms with Gasteiger partial charge in [0.2, 0.25) is 5.91 Å². The Hall–Kier alpha value is -2.46. The zero-order valence-corrected chi connectivity index (χ0v) is 14.9. The molecule has 25 heavy (non-hydrogen) atoms. The monoisotopic (exact) mass is 357 g/mol. The largest absolute Gasteiger partial charge is 0.468 e. The number of rotatable bonds is 4. The quantitative estimate of drug-likeness (QED) is 0.857. The predicted octanol–water partition coefficient (Wildman–Crippen LogP) is 2.56. The second kappa shape index (κ2) is 6.45. The van der Waals surface area contributed by atoms with Crippen LogP contribution in [-0.4, -0.2) is 17.4 Å². The standard InChI is InChI=1S/C18H19N3O3S/c1-18(2)6-11-16(12(22)7-18)15(13-4-3-5-24-13)10(8-19)17(21-11)25-9-14(20)23/h3-5,15,21H,6-7,9H2,1-2H3,(H2,20,23). The lowest BCUT2D eigenvalue weighted by atomic mass is 9.70. The van der Waals surface area contributed by atoms with E-state index in [2.05, 4.69) is 11.4 Å². The lowest BCUT2D eigenvalue weighted by Crippen LogP contribution is -2.37. The Morgan fingerprint density at radius 3 is 2.88 bits per heavy atom. The van der Waals surface area contributed by atoms with Gasteiger partial charge in [-0.15, -0.1) is 0 Å². The molecule has 7 heteroatoms. The van der Waals surface area contributed by atoms with Gasteiger partial charge in [-0.1, -0.05) is 25.6 Å². The highest BCUT2D eigenvalue weighted by Gasteiger charge is 2.42. The number of amides is 1. The van der Waals surface area contributed by atoms with Crippen molar-refractivity contribution in [1.29, 1.82) is 5.26 Å². The molecular weight excluding hydrogens is 338 g/mol. The molecule has 2 heterocycles. The van der Waals surface area contributed by atoms with Crippen molar-refractivity contribution < 1.29 is 14.0 Å². The molecule has 1 amide bonds. The average molecular weight is 357 g/mol. The normalized spacial score (nSPS) is 22.3. The number of ketones is 1. The number of nitrogens with one attached hydrogen (secondary N) is 1. The number of carbonyl (C=O) groups excluding carboxylic acids is 2. The molecule has 0 radical (unpaired) electrons. The van der Waals surface area contributed by atoms with Gasteiger partial charge in [-0.2, -0.15) is 5.26 Å². The minimum atomic E-state index is -0.546. The molecule has 0 saturated heterocycles. The molecule has 1 atom stereocenters. The number of furan rings is 1. The number of hydrogen-bond acceptors (Lipinski definition) is 6.